The summed E-state index contributed by atoms with van der Waals surface area (Å²) in [7, 11) is 0. The van der Waals surface area contributed by atoms with Gasteiger partial charge < -0.3 is 10.1 Å². The molecule has 0 radical (unpaired) electrons. The van der Waals surface area contributed by atoms with Crippen molar-refractivity contribution in [3.05, 3.63) is 18.0 Å². The SMILES string of the molecule is CCNc1nccc(C2CCCO2)n1. The molecule has 1 aromatic heterocycles. The Kier molecular flexibility index (Phi) is 2.93. The number of ether oxygens (including phenoxy) is 1. The molecule has 1 saturated heterocycles. The lowest BCUT2D eigenvalue weighted by Gasteiger charge is -2.09. The average Bonchev–Trinajstić information content (AvgIpc) is 2.71. The van der Waals surface area contributed by atoms with Crippen molar-refractivity contribution in [2.45, 2.75) is 25.9 Å². The topological polar surface area (TPSA) is 47.0 Å². The maximum atomic E-state index is 5.55. The molecule has 1 aliphatic rings. The van der Waals surface area contributed by atoms with Crippen LogP contribution in [0.1, 0.15) is 31.6 Å². The molecule has 1 N–H and O–H groups in total. The molecule has 76 valence electrons. The molecule has 14 heavy (non-hydrogen) atoms. The number of anilines is 1. The molecule has 0 aliphatic carbocycles. The van der Waals surface area contributed by atoms with Crippen LogP contribution in [0.4, 0.5) is 5.95 Å². The summed E-state index contributed by atoms with van der Waals surface area (Å²) in [5.74, 6) is 0.695. The highest BCUT2D eigenvalue weighted by molar-refractivity contribution is 5.25. The molecule has 0 saturated carbocycles. The lowest BCUT2D eigenvalue weighted by Crippen LogP contribution is -2.06. The van der Waals surface area contributed by atoms with E-state index in [4.69, 9.17) is 4.74 Å². The zero-order valence-corrected chi connectivity index (χ0v) is 8.36. The predicted octanol–water partition coefficient (Wildman–Crippen LogP) is 1.76. The number of rotatable bonds is 3. The van der Waals surface area contributed by atoms with Gasteiger partial charge in [0.05, 0.1) is 11.8 Å². The number of nitrogens with zero attached hydrogens (tertiary/aromatic N) is 2. The third-order valence-electron chi connectivity index (χ3n) is 2.27. The van der Waals surface area contributed by atoms with Gasteiger partial charge in [0.1, 0.15) is 0 Å². The van der Waals surface area contributed by atoms with Gasteiger partial charge in [-0.15, -0.1) is 0 Å². The van der Waals surface area contributed by atoms with Crippen LogP contribution < -0.4 is 5.32 Å². The van der Waals surface area contributed by atoms with Gasteiger partial charge in [0.2, 0.25) is 5.95 Å². The number of aromatic nitrogens is 2. The van der Waals surface area contributed by atoms with Crippen molar-refractivity contribution in [2.24, 2.45) is 0 Å². The van der Waals surface area contributed by atoms with E-state index in [0.717, 1.165) is 31.7 Å². The van der Waals surface area contributed by atoms with E-state index >= 15 is 0 Å². The molecule has 1 aromatic rings. The van der Waals surface area contributed by atoms with Crippen LogP contribution in [0.25, 0.3) is 0 Å². The fourth-order valence-electron chi connectivity index (χ4n) is 1.61. The van der Waals surface area contributed by atoms with Gasteiger partial charge in [-0.1, -0.05) is 0 Å². The zero-order valence-electron chi connectivity index (χ0n) is 8.36. The van der Waals surface area contributed by atoms with Crippen LogP contribution in [-0.2, 0) is 4.74 Å². The number of nitrogens with one attached hydrogen (secondary N) is 1. The van der Waals surface area contributed by atoms with E-state index in [1.54, 1.807) is 6.20 Å². The Hall–Kier alpha value is -1.16. The van der Waals surface area contributed by atoms with Gasteiger partial charge in [0.25, 0.3) is 0 Å². The monoisotopic (exact) mass is 193 g/mol. The smallest absolute Gasteiger partial charge is 0.222 e. The van der Waals surface area contributed by atoms with Gasteiger partial charge in [-0.2, -0.15) is 0 Å². The normalized spacial score (nSPS) is 21.1. The highest BCUT2D eigenvalue weighted by Crippen LogP contribution is 2.26. The highest BCUT2D eigenvalue weighted by Gasteiger charge is 2.19. The number of hydrogen-bond acceptors (Lipinski definition) is 4. The third kappa shape index (κ3) is 2.01. The minimum absolute atomic E-state index is 0.176. The van der Waals surface area contributed by atoms with E-state index in [2.05, 4.69) is 15.3 Å². The van der Waals surface area contributed by atoms with E-state index in [9.17, 15) is 0 Å². The van der Waals surface area contributed by atoms with Crippen molar-refractivity contribution in [1.82, 2.24) is 9.97 Å². The summed E-state index contributed by atoms with van der Waals surface area (Å²) in [5, 5.41) is 3.09. The molecule has 2 heterocycles. The molecule has 0 bridgehead atoms. The molecule has 1 atom stereocenters. The average molecular weight is 193 g/mol. The third-order valence-corrected chi connectivity index (χ3v) is 2.27. The van der Waals surface area contributed by atoms with Crippen LogP contribution in [0.5, 0.6) is 0 Å². The van der Waals surface area contributed by atoms with E-state index < -0.39 is 0 Å². The first-order valence-electron chi connectivity index (χ1n) is 5.08. The van der Waals surface area contributed by atoms with Crippen LogP contribution in [0.3, 0.4) is 0 Å². The van der Waals surface area contributed by atoms with Gasteiger partial charge in [0, 0.05) is 19.3 Å². The van der Waals surface area contributed by atoms with Crippen molar-refractivity contribution in [3.8, 4) is 0 Å². The molecule has 0 amide bonds. The van der Waals surface area contributed by atoms with Crippen LogP contribution in [0, 0.1) is 0 Å². The summed E-state index contributed by atoms with van der Waals surface area (Å²) in [4.78, 5) is 8.52. The Balaban J connectivity index is 2.12. The molecule has 0 spiro atoms. The fourth-order valence-corrected chi connectivity index (χ4v) is 1.61. The highest BCUT2D eigenvalue weighted by atomic mass is 16.5. The fraction of sp³-hybridized carbons (Fsp3) is 0.600. The minimum atomic E-state index is 0.176. The van der Waals surface area contributed by atoms with Gasteiger partial charge in [-0.3, -0.25) is 0 Å². The first-order chi connectivity index (χ1) is 6.90. The molecule has 2 rings (SSSR count). The molecular weight excluding hydrogens is 178 g/mol. The van der Waals surface area contributed by atoms with Crippen molar-refractivity contribution in [2.75, 3.05) is 18.5 Å². The Bertz CT molecular complexity index is 297. The summed E-state index contributed by atoms with van der Waals surface area (Å²) >= 11 is 0. The molecule has 1 fully saturated rings. The van der Waals surface area contributed by atoms with Crippen molar-refractivity contribution in [3.63, 3.8) is 0 Å². The second-order valence-corrected chi connectivity index (χ2v) is 3.34. The molecule has 4 nitrogen and oxygen atoms in total. The lowest BCUT2D eigenvalue weighted by molar-refractivity contribution is 0.108. The van der Waals surface area contributed by atoms with Gasteiger partial charge in [0.15, 0.2) is 0 Å². The molecule has 1 aliphatic heterocycles. The Morgan fingerprint density at radius 2 is 2.57 bits per heavy atom. The van der Waals surface area contributed by atoms with Crippen LogP contribution in [0.2, 0.25) is 0 Å². The van der Waals surface area contributed by atoms with Crippen LogP contribution >= 0.6 is 0 Å². The van der Waals surface area contributed by atoms with E-state index in [1.165, 1.54) is 0 Å². The number of hydrogen-bond donors (Lipinski definition) is 1. The molecular formula is C10H15N3O. The van der Waals surface area contributed by atoms with Gasteiger partial charge >= 0.3 is 0 Å². The first kappa shape index (κ1) is 9.40. The zero-order chi connectivity index (χ0) is 9.80. The van der Waals surface area contributed by atoms with Gasteiger partial charge in [-0.05, 0) is 25.8 Å². The first-order valence-corrected chi connectivity index (χ1v) is 5.08. The largest absolute Gasteiger partial charge is 0.372 e. The summed E-state index contributed by atoms with van der Waals surface area (Å²) in [6.45, 7) is 3.72. The second-order valence-electron chi connectivity index (χ2n) is 3.34. The Labute approximate surface area is 83.7 Å². The quantitative estimate of drug-likeness (QED) is 0.794. The lowest BCUT2D eigenvalue weighted by atomic mass is 10.2. The van der Waals surface area contributed by atoms with Crippen molar-refractivity contribution in [1.29, 1.82) is 0 Å². The van der Waals surface area contributed by atoms with E-state index in [0.29, 0.717) is 5.95 Å². The van der Waals surface area contributed by atoms with E-state index in [-0.39, 0.29) is 6.10 Å². The van der Waals surface area contributed by atoms with Crippen molar-refractivity contribution < 1.29 is 4.74 Å². The van der Waals surface area contributed by atoms with E-state index in [1.807, 2.05) is 13.0 Å². The van der Waals surface area contributed by atoms with Crippen molar-refractivity contribution >= 4 is 5.95 Å². The standard InChI is InChI=1S/C10H15N3O/c1-2-11-10-12-6-5-8(13-10)9-4-3-7-14-9/h5-6,9H,2-4,7H2,1H3,(H,11,12,13). The minimum Gasteiger partial charge on any atom is -0.372 e. The maximum absolute atomic E-state index is 5.55. The summed E-state index contributed by atoms with van der Waals surface area (Å²) in [6.07, 6.45) is 4.16. The Morgan fingerprint density at radius 3 is 3.29 bits per heavy atom. The summed E-state index contributed by atoms with van der Waals surface area (Å²) in [5.41, 5.74) is 0.994. The molecule has 1 unspecified atom stereocenters. The predicted molar refractivity (Wildman–Crippen MR) is 54.1 cm³/mol. The second kappa shape index (κ2) is 4.37. The summed E-state index contributed by atoms with van der Waals surface area (Å²) in [6, 6.07) is 1.93. The van der Waals surface area contributed by atoms with Crippen LogP contribution in [0.15, 0.2) is 12.3 Å². The molecule has 0 aromatic carbocycles. The van der Waals surface area contributed by atoms with Crippen LogP contribution in [-0.4, -0.2) is 23.1 Å². The molecule has 4 heteroatoms. The summed E-state index contributed by atoms with van der Waals surface area (Å²) < 4.78 is 5.55. The Morgan fingerprint density at radius 1 is 1.64 bits per heavy atom. The maximum Gasteiger partial charge on any atom is 0.222 e. The van der Waals surface area contributed by atoms with Gasteiger partial charge in [-0.25, -0.2) is 9.97 Å².